The molecular weight excluding hydrogens is 460 g/mol. The van der Waals surface area contributed by atoms with E-state index in [2.05, 4.69) is 122 Å². The molecule has 2 nitrogen and oxygen atoms in total. The molecule has 0 aliphatic heterocycles. The maximum absolute atomic E-state index is 4.82. The molecule has 0 saturated carbocycles. The van der Waals surface area contributed by atoms with Crippen molar-refractivity contribution in [1.29, 1.82) is 0 Å². The molecule has 0 aliphatic carbocycles. The molecule has 0 spiro atoms. The third-order valence-corrected chi connectivity index (χ3v) is 7.39. The average Bonchev–Trinajstić information content (AvgIpc) is 2.97. The van der Waals surface area contributed by atoms with E-state index in [1.165, 1.54) is 67.1 Å². The van der Waals surface area contributed by atoms with Gasteiger partial charge < -0.3 is 0 Å². The number of hydrogen-bond acceptors (Lipinski definition) is 2. The van der Waals surface area contributed by atoms with Gasteiger partial charge in [-0.3, -0.25) is 9.98 Å². The number of nitrogens with zero attached hydrogens (tertiary/aromatic N) is 2. The summed E-state index contributed by atoms with van der Waals surface area (Å²) < 4.78 is 0. The van der Waals surface area contributed by atoms with E-state index in [0.717, 1.165) is 25.9 Å². The molecule has 0 aromatic heterocycles. The van der Waals surface area contributed by atoms with E-state index >= 15 is 0 Å². The second kappa shape index (κ2) is 11.4. The Balaban J connectivity index is 1.03. The second-order valence-electron chi connectivity index (χ2n) is 9.95. The molecule has 0 radical (unpaired) electrons. The Bertz CT molecular complexity index is 1540. The zero-order valence-corrected chi connectivity index (χ0v) is 21.7. The Morgan fingerprint density at radius 2 is 0.711 bits per heavy atom. The van der Waals surface area contributed by atoms with Crippen LogP contribution < -0.4 is 0 Å². The van der Waals surface area contributed by atoms with Crippen LogP contribution in [0.4, 0.5) is 0 Å². The number of fused-ring (bicyclic) bond motifs is 4. The van der Waals surface area contributed by atoms with Crippen molar-refractivity contribution in [3.8, 4) is 0 Å². The van der Waals surface area contributed by atoms with Gasteiger partial charge >= 0.3 is 0 Å². The van der Waals surface area contributed by atoms with Crippen molar-refractivity contribution in [2.24, 2.45) is 9.98 Å². The van der Waals surface area contributed by atoms with Gasteiger partial charge in [0.15, 0.2) is 0 Å². The van der Waals surface area contributed by atoms with Gasteiger partial charge in [0.25, 0.3) is 0 Å². The Labute approximate surface area is 224 Å². The van der Waals surface area contributed by atoms with E-state index in [9.17, 15) is 0 Å². The molecule has 38 heavy (non-hydrogen) atoms. The zero-order valence-electron chi connectivity index (χ0n) is 21.7. The molecule has 0 heterocycles. The van der Waals surface area contributed by atoms with Crippen LogP contribution >= 0.6 is 0 Å². The van der Waals surface area contributed by atoms with E-state index in [0.29, 0.717) is 0 Å². The summed E-state index contributed by atoms with van der Waals surface area (Å²) in [5.41, 5.74) is 2.46. The highest BCUT2D eigenvalue weighted by Crippen LogP contribution is 2.28. The average molecular weight is 493 g/mol. The minimum atomic E-state index is 0.864. The van der Waals surface area contributed by atoms with Gasteiger partial charge in [-0.1, -0.05) is 110 Å². The SMILES string of the molecule is C(=NCCCCCCN=Cc1c2ccccc2cc2ccccc12)c1c2ccccc2cc2ccccc12. The molecule has 0 amide bonds. The summed E-state index contributed by atoms with van der Waals surface area (Å²) in [6, 6.07) is 38.9. The summed E-state index contributed by atoms with van der Waals surface area (Å²) >= 11 is 0. The van der Waals surface area contributed by atoms with E-state index in [4.69, 9.17) is 9.98 Å². The van der Waals surface area contributed by atoms with Crippen LogP contribution in [0.3, 0.4) is 0 Å². The molecule has 0 aliphatic rings. The van der Waals surface area contributed by atoms with Crippen molar-refractivity contribution < 1.29 is 0 Å². The normalized spacial score (nSPS) is 12.1. The quantitative estimate of drug-likeness (QED) is 0.109. The lowest BCUT2D eigenvalue weighted by atomic mass is 9.97. The van der Waals surface area contributed by atoms with Gasteiger partial charge in [-0.15, -0.1) is 0 Å². The van der Waals surface area contributed by atoms with Gasteiger partial charge in [-0.05, 0) is 68.1 Å². The molecule has 6 aromatic rings. The lowest BCUT2D eigenvalue weighted by molar-refractivity contribution is 0.655. The highest BCUT2D eigenvalue weighted by molar-refractivity contribution is 6.14. The maximum Gasteiger partial charge on any atom is 0.0389 e. The molecule has 0 saturated heterocycles. The van der Waals surface area contributed by atoms with Crippen LogP contribution in [0, 0.1) is 0 Å². The number of rotatable bonds is 9. The lowest BCUT2D eigenvalue weighted by Gasteiger charge is -2.08. The molecular formula is C36H32N2. The molecule has 0 fully saturated rings. The van der Waals surface area contributed by atoms with Gasteiger partial charge in [0.05, 0.1) is 0 Å². The topological polar surface area (TPSA) is 24.7 Å². The van der Waals surface area contributed by atoms with Crippen molar-refractivity contribution in [2.75, 3.05) is 13.1 Å². The monoisotopic (exact) mass is 492 g/mol. The fourth-order valence-corrected chi connectivity index (χ4v) is 5.45. The van der Waals surface area contributed by atoms with Crippen molar-refractivity contribution in [3.63, 3.8) is 0 Å². The summed E-state index contributed by atoms with van der Waals surface area (Å²) in [5.74, 6) is 0. The first-order valence-electron chi connectivity index (χ1n) is 13.7. The number of hydrogen-bond donors (Lipinski definition) is 0. The predicted molar refractivity (Wildman–Crippen MR) is 166 cm³/mol. The Kier molecular flexibility index (Phi) is 7.22. The number of unbranched alkanes of at least 4 members (excludes halogenated alkanes) is 3. The molecule has 0 unspecified atom stereocenters. The summed E-state index contributed by atoms with van der Waals surface area (Å²) in [5, 5.41) is 10.2. The molecule has 2 heteroatoms. The molecule has 0 bridgehead atoms. The molecule has 0 N–H and O–H groups in total. The van der Waals surface area contributed by atoms with Crippen LogP contribution in [-0.4, -0.2) is 25.5 Å². The maximum atomic E-state index is 4.82. The van der Waals surface area contributed by atoms with Crippen LogP contribution in [0.1, 0.15) is 36.8 Å². The fraction of sp³-hybridized carbons (Fsp3) is 0.167. The van der Waals surface area contributed by atoms with E-state index in [1.807, 2.05) is 0 Å². The summed E-state index contributed by atoms with van der Waals surface area (Å²) in [4.78, 5) is 9.64. The minimum absolute atomic E-state index is 0.864. The standard InChI is InChI=1S/C36H32N2/c1(11-21-37-25-35-31-17-7-3-13-27(31)23-28-14-4-8-18-32(28)35)2-12-22-38-26-36-33-19-9-5-15-29(33)24-30-16-6-10-20-34(30)36/h3-10,13-20,23-26H,1-2,11-12,21-22H2. The predicted octanol–water partition coefficient (Wildman–Crippen LogP) is 9.40. The molecule has 6 rings (SSSR count). The van der Waals surface area contributed by atoms with Crippen LogP contribution in [0.25, 0.3) is 43.1 Å². The minimum Gasteiger partial charge on any atom is -0.293 e. The molecule has 0 atom stereocenters. The summed E-state index contributed by atoms with van der Waals surface area (Å²) in [6.45, 7) is 1.73. The van der Waals surface area contributed by atoms with E-state index in [-0.39, 0.29) is 0 Å². The van der Waals surface area contributed by atoms with E-state index in [1.54, 1.807) is 0 Å². The van der Waals surface area contributed by atoms with Crippen LogP contribution in [-0.2, 0) is 0 Å². The van der Waals surface area contributed by atoms with Gasteiger partial charge in [-0.2, -0.15) is 0 Å². The zero-order chi connectivity index (χ0) is 25.6. The Morgan fingerprint density at radius 3 is 1.05 bits per heavy atom. The van der Waals surface area contributed by atoms with Gasteiger partial charge in [0, 0.05) is 36.6 Å². The van der Waals surface area contributed by atoms with Gasteiger partial charge in [-0.25, -0.2) is 0 Å². The first-order chi connectivity index (χ1) is 18.9. The van der Waals surface area contributed by atoms with Crippen molar-refractivity contribution in [2.45, 2.75) is 25.7 Å². The summed E-state index contributed by atoms with van der Waals surface area (Å²) in [7, 11) is 0. The number of benzene rings is 6. The van der Waals surface area contributed by atoms with Crippen molar-refractivity contribution in [3.05, 3.63) is 120 Å². The number of aliphatic imine (C=N–C) groups is 2. The van der Waals surface area contributed by atoms with E-state index < -0.39 is 0 Å². The van der Waals surface area contributed by atoms with Gasteiger partial charge in [0.1, 0.15) is 0 Å². The highest BCUT2D eigenvalue weighted by Gasteiger charge is 2.06. The van der Waals surface area contributed by atoms with Crippen molar-refractivity contribution in [1.82, 2.24) is 0 Å². The fourth-order valence-electron chi connectivity index (χ4n) is 5.45. The lowest BCUT2D eigenvalue weighted by Crippen LogP contribution is -1.91. The second-order valence-corrected chi connectivity index (χ2v) is 9.95. The van der Waals surface area contributed by atoms with Crippen LogP contribution in [0.2, 0.25) is 0 Å². The highest BCUT2D eigenvalue weighted by atomic mass is 14.7. The third kappa shape index (κ3) is 5.08. The van der Waals surface area contributed by atoms with Crippen LogP contribution in [0.15, 0.2) is 119 Å². The Hall–Kier alpha value is -4.30. The third-order valence-electron chi connectivity index (χ3n) is 7.39. The van der Waals surface area contributed by atoms with Crippen LogP contribution in [0.5, 0.6) is 0 Å². The van der Waals surface area contributed by atoms with Crippen molar-refractivity contribution >= 4 is 55.5 Å². The Morgan fingerprint density at radius 1 is 0.395 bits per heavy atom. The molecule has 186 valence electrons. The molecule has 6 aromatic carbocycles. The van der Waals surface area contributed by atoms with Gasteiger partial charge in [0.2, 0.25) is 0 Å². The largest absolute Gasteiger partial charge is 0.293 e. The summed E-state index contributed by atoms with van der Waals surface area (Å²) in [6.07, 6.45) is 8.75. The first kappa shape index (κ1) is 24.1. The first-order valence-corrected chi connectivity index (χ1v) is 13.7. The smallest absolute Gasteiger partial charge is 0.0389 e.